The molecule has 7 nitrogen and oxygen atoms in total. The van der Waals surface area contributed by atoms with Crippen LogP contribution in [0.1, 0.15) is 32.4 Å². The molecule has 0 saturated heterocycles. The van der Waals surface area contributed by atoms with E-state index in [2.05, 4.69) is 10.3 Å². The number of nitrogens with one attached hydrogen (secondary N) is 2. The number of aliphatic hydroxyl groups excluding tert-OH is 1. The molecular weight excluding hydrogens is 396 g/mol. The molecule has 0 bridgehead atoms. The number of halogens is 1. The molecule has 1 unspecified atom stereocenters. The minimum absolute atomic E-state index is 0. The van der Waals surface area contributed by atoms with Crippen molar-refractivity contribution in [3.63, 3.8) is 0 Å². The third-order valence-electron chi connectivity index (χ3n) is 4.10. The number of benzene rings is 2. The average Bonchev–Trinajstić information content (AvgIpc) is 3.04. The predicted molar refractivity (Wildman–Crippen MR) is 113 cm³/mol. The first-order chi connectivity index (χ1) is 13.2. The van der Waals surface area contributed by atoms with Crippen LogP contribution in [0.4, 0.5) is 4.79 Å². The number of para-hydroxylation sites is 1. The van der Waals surface area contributed by atoms with E-state index in [0.717, 1.165) is 0 Å². The van der Waals surface area contributed by atoms with Gasteiger partial charge in [0.2, 0.25) is 5.88 Å². The number of phenolic OH excluding ortho intramolecular Hbond substituents is 1. The van der Waals surface area contributed by atoms with Gasteiger partial charge < -0.3 is 30.0 Å². The maximum atomic E-state index is 12.0. The Bertz CT molecular complexity index is 966. The number of ether oxygens (including phenoxy) is 2. The standard InChI is InChI=1S/C21H24N2O5.ClH/c1-21(2,3)22-12-17(25)14-9-10-16(24)19-15(14)11-18(23-19)28-20(26)27-13-7-5-4-6-8-13;/h4-11,17,22-25H,12H2,1-3H3;1H. The number of hydrogen-bond donors (Lipinski definition) is 4. The Balaban J connectivity index is 0.00000300. The average molecular weight is 421 g/mol. The lowest BCUT2D eigenvalue weighted by atomic mass is 10.0. The number of aliphatic hydroxyl groups is 1. The second-order valence-electron chi connectivity index (χ2n) is 7.51. The van der Waals surface area contributed by atoms with Gasteiger partial charge in [0.15, 0.2) is 0 Å². The summed E-state index contributed by atoms with van der Waals surface area (Å²) in [6, 6.07) is 13.2. The van der Waals surface area contributed by atoms with Gasteiger partial charge in [0, 0.05) is 23.5 Å². The summed E-state index contributed by atoms with van der Waals surface area (Å²) >= 11 is 0. The molecule has 3 rings (SSSR count). The van der Waals surface area contributed by atoms with E-state index in [4.69, 9.17) is 9.47 Å². The lowest BCUT2D eigenvalue weighted by Gasteiger charge is -2.23. The molecule has 156 valence electrons. The predicted octanol–water partition coefficient (Wildman–Crippen LogP) is 4.29. The molecule has 1 heterocycles. The SMILES string of the molecule is CC(C)(C)NCC(O)c1ccc(O)c2[nH]c(OC(=O)Oc3ccccc3)cc12.Cl. The van der Waals surface area contributed by atoms with E-state index in [1.165, 1.54) is 6.07 Å². The smallest absolute Gasteiger partial charge is 0.506 e. The van der Waals surface area contributed by atoms with Crippen molar-refractivity contribution in [3.05, 3.63) is 54.1 Å². The zero-order valence-electron chi connectivity index (χ0n) is 16.4. The fraction of sp³-hybridized carbons (Fsp3) is 0.286. The van der Waals surface area contributed by atoms with Gasteiger partial charge in [0.05, 0.1) is 11.6 Å². The second kappa shape index (κ2) is 9.17. The highest BCUT2D eigenvalue weighted by molar-refractivity contribution is 5.90. The molecule has 29 heavy (non-hydrogen) atoms. The summed E-state index contributed by atoms with van der Waals surface area (Å²) < 4.78 is 10.3. The number of carbonyl (C=O) groups is 1. The fourth-order valence-corrected chi connectivity index (χ4v) is 2.76. The molecule has 0 spiro atoms. The summed E-state index contributed by atoms with van der Waals surface area (Å²) in [5, 5.41) is 24.5. The summed E-state index contributed by atoms with van der Waals surface area (Å²) in [6.45, 7) is 6.35. The Labute approximate surface area is 175 Å². The molecule has 0 aliphatic rings. The molecule has 3 aromatic rings. The van der Waals surface area contributed by atoms with Gasteiger partial charge >= 0.3 is 6.16 Å². The summed E-state index contributed by atoms with van der Waals surface area (Å²) in [5.41, 5.74) is 0.826. The van der Waals surface area contributed by atoms with Crippen LogP contribution in [0.15, 0.2) is 48.5 Å². The first-order valence-electron chi connectivity index (χ1n) is 8.95. The third-order valence-corrected chi connectivity index (χ3v) is 4.10. The Morgan fingerprint density at radius 3 is 2.48 bits per heavy atom. The Hall–Kier alpha value is -2.74. The summed E-state index contributed by atoms with van der Waals surface area (Å²) in [4.78, 5) is 14.8. The number of β-amino-alcohol motifs (C(OH)–C–C–N with tert-alkyl or cyclic N) is 1. The van der Waals surface area contributed by atoms with Crippen molar-refractivity contribution in [3.8, 4) is 17.4 Å². The number of aromatic amines is 1. The van der Waals surface area contributed by atoms with Gasteiger partial charge in [0.1, 0.15) is 11.5 Å². The van der Waals surface area contributed by atoms with Crippen LogP contribution in [0.3, 0.4) is 0 Å². The Kier molecular flexibility index (Phi) is 7.13. The van der Waals surface area contributed by atoms with Crippen LogP contribution >= 0.6 is 12.4 Å². The zero-order chi connectivity index (χ0) is 20.3. The molecule has 8 heteroatoms. The molecule has 1 aromatic heterocycles. The first kappa shape index (κ1) is 22.5. The monoisotopic (exact) mass is 420 g/mol. The van der Waals surface area contributed by atoms with Crippen molar-refractivity contribution in [1.82, 2.24) is 10.3 Å². The quantitative estimate of drug-likeness (QED) is 0.362. The zero-order valence-corrected chi connectivity index (χ0v) is 17.2. The van der Waals surface area contributed by atoms with Crippen molar-refractivity contribution < 1.29 is 24.5 Å². The van der Waals surface area contributed by atoms with Crippen molar-refractivity contribution >= 4 is 29.5 Å². The van der Waals surface area contributed by atoms with Crippen molar-refractivity contribution in [2.75, 3.05) is 6.54 Å². The lowest BCUT2D eigenvalue weighted by Crippen LogP contribution is -2.38. The first-order valence-corrected chi connectivity index (χ1v) is 8.95. The molecule has 0 aliphatic carbocycles. The number of hydrogen-bond acceptors (Lipinski definition) is 6. The number of fused-ring (bicyclic) bond motifs is 1. The minimum Gasteiger partial charge on any atom is -0.506 e. The van der Waals surface area contributed by atoms with Gasteiger partial charge in [-0.25, -0.2) is 4.79 Å². The van der Waals surface area contributed by atoms with Gasteiger partial charge in [0.25, 0.3) is 0 Å². The molecule has 0 amide bonds. The molecular formula is C21H25ClN2O5. The molecule has 0 aliphatic heterocycles. The molecule has 0 fully saturated rings. The number of aromatic nitrogens is 1. The van der Waals surface area contributed by atoms with Gasteiger partial charge in [-0.3, -0.25) is 0 Å². The van der Waals surface area contributed by atoms with Crippen molar-refractivity contribution in [2.45, 2.75) is 32.4 Å². The Morgan fingerprint density at radius 1 is 1.14 bits per heavy atom. The molecule has 4 N–H and O–H groups in total. The van der Waals surface area contributed by atoms with Crippen LogP contribution in [0, 0.1) is 0 Å². The van der Waals surface area contributed by atoms with Crippen molar-refractivity contribution in [2.24, 2.45) is 0 Å². The van der Waals surface area contributed by atoms with Crippen LogP contribution in [0.5, 0.6) is 17.4 Å². The van der Waals surface area contributed by atoms with Crippen LogP contribution in [0.2, 0.25) is 0 Å². The highest BCUT2D eigenvalue weighted by atomic mass is 35.5. The summed E-state index contributed by atoms with van der Waals surface area (Å²) in [5.74, 6) is 0.450. The van der Waals surface area contributed by atoms with E-state index in [1.807, 2.05) is 20.8 Å². The topological polar surface area (TPSA) is 104 Å². The van der Waals surface area contributed by atoms with E-state index < -0.39 is 12.3 Å². The van der Waals surface area contributed by atoms with E-state index in [9.17, 15) is 15.0 Å². The summed E-state index contributed by atoms with van der Waals surface area (Å²) in [7, 11) is 0. The van der Waals surface area contributed by atoms with Gasteiger partial charge in [-0.15, -0.1) is 12.4 Å². The number of H-pyrrole nitrogens is 1. The third kappa shape index (κ3) is 5.87. The van der Waals surface area contributed by atoms with E-state index >= 15 is 0 Å². The molecule has 0 radical (unpaired) electrons. The molecule has 2 aromatic carbocycles. The van der Waals surface area contributed by atoms with Crippen LogP contribution in [-0.4, -0.2) is 33.4 Å². The van der Waals surface area contributed by atoms with Crippen molar-refractivity contribution in [1.29, 1.82) is 0 Å². The van der Waals surface area contributed by atoms with Crippen LogP contribution in [-0.2, 0) is 0 Å². The van der Waals surface area contributed by atoms with Gasteiger partial charge in [-0.05, 0) is 44.5 Å². The molecule has 1 atom stereocenters. The van der Waals surface area contributed by atoms with E-state index in [1.54, 1.807) is 42.5 Å². The number of carbonyl (C=O) groups excluding carboxylic acids is 1. The number of rotatable bonds is 5. The maximum absolute atomic E-state index is 12.0. The van der Waals surface area contributed by atoms with Gasteiger partial charge in [-0.2, -0.15) is 0 Å². The summed E-state index contributed by atoms with van der Waals surface area (Å²) in [6.07, 6.45) is -1.71. The minimum atomic E-state index is -0.909. The fourth-order valence-electron chi connectivity index (χ4n) is 2.76. The maximum Gasteiger partial charge on any atom is 0.520 e. The lowest BCUT2D eigenvalue weighted by molar-refractivity contribution is 0.150. The normalized spacial score (nSPS) is 12.3. The largest absolute Gasteiger partial charge is 0.520 e. The van der Waals surface area contributed by atoms with E-state index in [0.29, 0.717) is 28.8 Å². The Morgan fingerprint density at radius 2 is 1.83 bits per heavy atom. The highest BCUT2D eigenvalue weighted by Gasteiger charge is 2.19. The number of phenols is 1. The second-order valence-corrected chi connectivity index (χ2v) is 7.51. The van der Waals surface area contributed by atoms with Crippen LogP contribution in [0.25, 0.3) is 10.9 Å². The highest BCUT2D eigenvalue weighted by Crippen LogP contribution is 2.33. The number of aromatic hydroxyl groups is 1. The molecule has 0 saturated carbocycles. The van der Waals surface area contributed by atoms with Crippen LogP contribution < -0.4 is 14.8 Å². The van der Waals surface area contributed by atoms with E-state index in [-0.39, 0.29) is 29.6 Å². The van der Waals surface area contributed by atoms with Gasteiger partial charge in [-0.1, -0.05) is 24.3 Å².